The predicted octanol–water partition coefficient (Wildman–Crippen LogP) is 0.646. The molecular formula is C8H12N4. The Hall–Kier alpha value is -1.34. The quantitative estimate of drug-likeness (QED) is 0.664. The normalized spacial score (nSPS) is 9.67. The first-order valence-corrected chi connectivity index (χ1v) is 3.95. The minimum atomic E-state index is 0.526. The molecular weight excluding hydrogens is 152 g/mol. The molecule has 0 saturated heterocycles. The fraction of sp³-hybridized carbons (Fsp3) is 0.500. The third kappa shape index (κ3) is 2.36. The smallest absolute Gasteiger partial charge is 0.0622 e. The van der Waals surface area contributed by atoms with Crippen molar-refractivity contribution in [1.29, 1.82) is 5.26 Å². The highest BCUT2D eigenvalue weighted by Gasteiger charge is 1.95. The van der Waals surface area contributed by atoms with Crippen molar-refractivity contribution >= 4 is 0 Å². The molecule has 0 spiro atoms. The molecule has 0 atom stereocenters. The molecule has 0 unspecified atom stereocenters. The van der Waals surface area contributed by atoms with Crippen molar-refractivity contribution in [2.24, 2.45) is 5.73 Å². The molecule has 4 nitrogen and oxygen atoms in total. The van der Waals surface area contributed by atoms with E-state index in [2.05, 4.69) is 11.2 Å². The van der Waals surface area contributed by atoms with E-state index in [0.29, 0.717) is 13.0 Å². The van der Waals surface area contributed by atoms with Crippen molar-refractivity contribution < 1.29 is 0 Å². The molecule has 0 saturated carbocycles. The van der Waals surface area contributed by atoms with Gasteiger partial charge in [-0.2, -0.15) is 10.4 Å². The summed E-state index contributed by atoms with van der Waals surface area (Å²) in [5.41, 5.74) is 6.45. The summed E-state index contributed by atoms with van der Waals surface area (Å²) in [7, 11) is 0. The van der Waals surface area contributed by atoms with Crippen LogP contribution in [0.25, 0.3) is 0 Å². The molecule has 0 fully saturated rings. The highest BCUT2D eigenvalue weighted by atomic mass is 15.3. The van der Waals surface area contributed by atoms with E-state index in [-0.39, 0.29) is 0 Å². The Morgan fingerprint density at radius 3 is 3.08 bits per heavy atom. The fourth-order valence-electron chi connectivity index (χ4n) is 0.954. The van der Waals surface area contributed by atoms with Gasteiger partial charge in [0.1, 0.15) is 0 Å². The van der Waals surface area contributed by atoms with E-state index in [9.17, 15) is 0 Å². The van der Waals surface area contributed by atoms with Crippen molar-refractivity contribution in [1.82, 2.24) is 9.78 Å². The molecule has 0 aliphatic heterocycles. The lowest BCUT2D eigenvalue weighted by molar-refractivity contribution is 0.585. The summed E-state index contributed by atoms with van der Waals surface area (Å²) in [4.78, 5) is 0. The number of aromatic nitrogens is 2. The lowest BCUT2D eigenvalue weighted by Gasteiger charge is -1.95. The number of hydrogen-bond acceptors (Lipinski definition) is 3. The Balaban J connectivity index is 2.37. The van der Waals surface area contributed by atoms with Crippen LogP contribution in [0.2, 0.25) is 0 Å². The summed E-state index contributed by atoms with van der Waals surface area (Å²) < 4.78 is 1.82. The van der Waals surface area contributed by atoms with E-state index in [1.54, 1.807) is 6.20 Å². The van der Waals surface area contributed by atoms with E-state index in [1.807, 2.05) is 10.9 Å². The Labute approximate surface area is 71.6 Å². The first-order valence-electron chi connectivity index (χ1n) is 3.95. The summed E-state index contributed by atoms with van der Waals surface area (Å²) >= 11 is 0. The van der Waals surface area contributed by atoms with E-state index in [0.717, 1.165) is 18.5 Å². The number of nitrogens with two attached hydrogens (primary N) is 1. The molecule has 0 aromatic carbocycles. The van der Waals surface area contributed by atoms with Gasteiger partial charge in [0.15, 0.2) is 0 Å². The molecule has 1 heterocycles. The Morgan fingerprint density at radius 1 is 1.67 bits per heavy atom. The van der Waals surface area contributed by atoms with Crippen LogP contribution in [0.4, 0.5) is 0 Å². The average Bonchev–Trinajstić information content (AvgIpc) is 2.53. The lowest BCUT2D eigenvalue weighted by Crippen LogP contribution is -1.98. The number of nitriles is 1. The summed E-state index contributed by atoms with van der Waals surface area (Å²) in [5.74, 6) is 0. The third-order valence-corrected chi connectivity index (χ3v) is 1.60. The maximum absolute atomic E-state index is 8.30. The van der Waals surface area contributed by atoms with Crippen LogP contribution in [0.15, 0.2) is 12.4 Å². The van der Waals surface area contributed by atoms with Gasteiger partial charge in [-0.1, -0.05) is 0 Å². The van der Waals surface area contributed by atoms with Crippen LogP contribution in [0.5, 0.6) is 0 Å². The molecule has 2 N–H and O–H groups in total. The Kier molecular flexibility index (Phi) is 3.30. The zero-order valence-electron chi connectivity index (χ0n) is 6.90. The van der Waals surface area contributed by atoms with Crippen LogP contribution < -0.4 is 5.73 Å². The highest BCUT2D eigenvalue weighted by molar-refractivity contribution is 5.02. The molecule has 0 aliphatic rings. The number of hydrogen-bond donors (Lipinski definition) is 1. The van der Waals surface area contributed by atoms with Crippen LogP contribution in [0.1, 0.15) is 18.4 Å². The van der Waals surface area contributed by atoms with E-state index in [4.69, 9.17) is 11.0 Å². The van der Waals surface area contributed by atoms with Gasteiger partial charge in [-0.25, -0.2) is 0 Å². The van der Waals surface area contributed by atoms with Gasteiger partial charge in [-0.15, -0.1) is 0 Å². The van der Waals surface area contributed by atoms with Crippen molar-refractivity contribution in [2.75, 3.05) is 0 Å². The van der Waals surface area contributed by atoms with E-state index >= 15 is 0 Å². The Morgan fingerprint density at radius 2 is 2.50 bits per heavy atom. The molecule has 64 valence electrons. The molecule has 1 aromatic heterocycles. The van der Waals surface area contributed by atoms with E-state index in [1.165, 1.54) is 0 Å². The molecule has 4 heteroatoms. The van der Waals surface area contributed by atoms with Crippen LogP contribution in [-0.2, 0) is 13.1 Å². The van der Waals surface area contributed by atoms with Gasteiger partial charge >= 0.3 is 0 Å². The van der Waals surface area contributed by atoms with Crippen LogP contribution in [-0.4, -0.2) is 9.78 Å². The second-order valence-electron chi connectivity index (χ2n) is 2.58. The molecule has 0 amide bonds. The number of nitrogens with zero attached hydrogens (tertiary/aromatic N) is 3. The van der Waals surface area contributed by atoms with Gasteiger partial charge in [0.2, 0.25) is 0 Å². The fourth-order valence-corrected chi connectivity index (χ4v) is 0.954. The van der Waals surface area contributed by atoms with Crippen molar-refractivity contribution in [3.63, 3.8) is 0 Å². The molecule has 1 aromatic rings. The Bertz CT molecular complexity index is 271. The SMILES string of the molecule is N#CCCCn1cc(CN)cn1. The maximum atomic E-state index is 8.30. The minimum absolute atomic E-state index is 0.526. The minimum Gasteiger partial charge on any atom is -0.326 e. The van der Waals surface area contributed by atoms with E-state index < -0.39 is 0 Å². The molecule has 12 heavy (non-hydrogen) atoms. The second-order valence-corrected chi connectivity index (χ2v) is 2.58. The molecule has 0 bridgehead atoms. The zero-order valence-corrected chi connectivity index (χ0v) is 6.90. The highest BCUT2D eigenvalue weighted by Crippen LogP contribution is 1.98. The van der Waals surface area contributed by atoms with Crippen LogP contribution in [0, 0.1) is 11.3 Å². The standard InChI is InChI=1S/C8H12N4/c9-3-1-2-4-12-7-8(5-10)6-11-12/h6-7H,1-2,4-5,10H2. The largest absolute Gasteiger partial charge is 0.326 e. The topological polar surface area (TPSA) is 67.6 Å². The van der Waals surface area contributed by atoms with Crippen LogP contribution >= 0.6 is 0 Å². The first-order chi connectivity index (χ1) is 5.86. The van der Waals surface area contributed by atoms with Gasteiger partial charge in [0, 0.05) is 31.3 Å². The predicted molar refractivity (Wildman–Crippen MR) is 45.0 cm³/mol. The summed E-state index contributed by atoms with van der Waals surface area (Å²) in [6, 6.07) is 2.09. The van der Waals surface area contributed by atoms with Crippen molar-refractivity contribution in [3.8, 4) is 6.07 Å². The van der Waals surface area contributed by atoms with Gasteiger partial charge in [-0.3, -0.25) is 4.68 Å². The van der Waals surface area contributed by atoms with Crippen molar-refractivity contribution in [3.05, 3.63) is 18.0 Å². The average molecular weight is 164 g/mol. The third-order valence-electron chi connectivity index (χ3n) is 1.60. The molecule has 0 radical (unpaired) electrons. The van der Waals surface area contributed by atoms with Crippen LogP contribution in [0.3, 0.4) is 0 Å². The lowest BCUT2D eigenvalue weighted by atomic mass is 10.3. The summed E-state index contributed by atoms with van der Waals surface area (Å²) in [5, 5.41) is 12.4. The number of unbranched alkanes of at least 4 members (excludes halogenated alkanes) is 1. The second kappa shape index (κ2) is 4.52. The summed E-state index contributed by atoms with van der Waals surface area (Å²) in [6.45, 7) is 1.33. The number of rotatable bonds is 4. The summed E-state index contributed by atoms with van der Waals surface area (Å²) in [6.07, 6.45) is 5.10. The monoisotopic (exact) mass is 164 g/mol. The molecule has 0 aliphatic carbocycles. The first kappa shape index (κ1) is 8.75. The maximum Gasteiger partial charge on any atom is 0.0622 e. The van der Waals surface area contributed by atoms with Gasteiger partial charge in [-0.05, 0) is 6.42 Å². The zero-order chi connectivity index (χ0) is 8.81. The molecule has 1 rings (SSSR count). The van der Waals surface area contributed by atoms with Gasteiger partial charge < -0.3 is 5.73 Å². The van der Waals surface area contributed by atoms with Gasteiger partial charge in [0.05, 0.1) is 12.3 Å². The van der Waals surface area contributed by atoms with Crippen molar-refractivity contribution in [2.45, 2.75) is 25.9 Å². The number of aryl methyl sites for hydroxylation is 1. The van der Waals surface area contributed by atoms with Gasteiger partial charge in [0.25, 0.3) is 0 Å².